The van der Waals surface area contributed by atoms with Crippen molar-refractivity contribution < 1.29 is 33.4 Å². The van der Waals surface area contributed by atoms with Crippen LogP contribution in [0.2, 0.25) is 0 Å². The Labute approximate surface area is 236 Å². The Kier molecular flexibility index (Phi) is 8.99. The molecule has 40 heavy (non-hydrogen) atoms. The van der Waals surface area contributed by atoms with E-state index in [1.54, 1.807) is 31.2 Å². The van der Waals surface area contributed by atoms with Gasteiger partial charge in [-0.3, -0.25) is 14.5 Å². The lowest BCUT2D eigenvalue weighted by molar-refractivity contribution is -0.132. The topological polar surface area (TPSA) is 106 Å². The third kappa shape index (κ3) is 6.07. The monoisotopic (exact) mass is 566 g/mol. The number of Topliss-reactive ketones (excluding diaryl/α,β-unsaturated/α-hetero) is 1. The molecule has 8 nitrogen and oxygen atoms in total. The Balaban J connectivity index is 1.77. The van der Waals surface area contributed by atoms with Crippen molar-refractivity contribution in [3.63, 3.8) is 0 Å². The van der Waals surface area contributed by atoms with Crippen molar-refractivity contribution in [2.75, 3.05) is 18.1 Å². The lowest BCUT2D eigenvalue weighted by Crippen LogP contribution is -2.29. The number of benzene rings is 2. The molecule has 0 radical (unpaired) electrons. The number of aromatic nitrogens is 1. The number of anilines is 1. The maximum atomic E-state index is 13.8. The predicted octanol–water partition coefficient (Wildman–Crippen LogP) is 6.21. The number of halogens is 1. The molecule has 0 bridgehead atoms. The van der Waals surface area contributed by atoms with E-state index in [1.807, 2.05) is 13.8 Å². The van der Waals surface area contributed by atoms with Gasteiger partial charge in [0.05, 0.1) is 30.5 Å². The Morgan fingerprint density at radius 3 is 2.42 bits per heavy atom. The molecule has 0 saturated carbocycles. The number of hydrogen-bond donors (Lipinski definition) is 1. The minimum Gasteiger partial charge on any atom is -0.507 e. The number of aliphatic hydroxyl groups is 1. The third-order valence-corrected chi connectivity index (χ3v) is 7.39. The zero-order chi connectivity index (χ0) is 29.0. The molecule has 4 rings (SSSR count). The second-order valence-corrected chi connectivity index (χ2v) is 10.8. The molecule has 1 atom stereocenters. The van der Waals surface area contributed by atoms with Gasteiger partial charge in [-0.05, 0) is 61.2 Å². The fourth-order valence-corrected chi connectivity index (χ4v) is 5.16. The summed E-state index contributed by atoms with van der Waals surface area (Å²) >= 11 is 0.917. The molecule has 1 amide bonds. The number of carbonyl (C=O) groups is 3. The van der Waals surface area contributed by atoms with Gasteiger partial charge in [-0.2, -0.15) is 0 Å². The second-order valence-electron chi connectivity index (χ2n) is 9.85. The summed E-state index contributed by atoms with van der Waals surface area (Å²) in [4.78, 5) is 45.2. The van der Waals surface area contributed by atoms with Crippen LogP contribution in [0.1, 0.15) is 66.1 Å². The molecule has 1 aliphatic rings. The first-order chi connectivity index (χ1) is 19.1. The number of hydrogen-bond acceptors (Lipinski definition) is 8. The van der Waals surface area contributed by atoms with Crippen LogP contribution >= 0.6 is 11.3 Å². The lowest BCUT2D eigenvalue weighted by Gasteiger charge is -2.23. The van der Waals surface area contributed by atoms with Gasteiger partial charge in [0, 0.05) is 5.56 Å². The van der Waals surface area contributed by atoms with Gasteiger partial charge in [0.15, 0.2) is 5.13 Å². The highest BCUT2D eigenvalue weighted by Crippen LogP contribution is 2.44. The van der Waals surface area contributed by atoms with E-state index >= 15 is 0 Å². The van der Waals surface area contributed by atoms with Crippen molar-refractivity contribution >= 4 is 39.9 Å². The average molecular weight is 567 g/mol. The molecule has 1 saturated heterocycles. The number of amides is 1. The average Bonchev–Trinajstić information content (AvgIpc) is 3.44. The Morgan fingerprint density at radius 2 is 1.80 bits per heavy atom. The number of esters is 1. The van der Waals surface area contributed by atoms with Crippen molar-refractivity contribution in [3.05, 3.63) is 81.6 Å². The van der Waals surface area contributed by atoms with Gasteiger partial charge in [0.2, 0.25) is 0 Å². The number of unbranched alkanes of at least 4 members (excludes halogenated alkanes) is 1. The molecule has 0 spiro atoms. The summed E-state index contributed by atoms with van der Waals surface area (Å²) in [6.07, 6.45) is 1.89. The first-order valence-electron chi connectivity index (χ1n) is 13.1. The largest absolute Gasteiger partial charge is 0.507 e. The molecule has 0 aliphatic carbocycles. The number of carbonyl (C=O) groups excluding carboxylic acids is 3. The number of thiazole rings is 1. The van der Waals surface area contributed by atoms with Crippen LogP contribution in [0, 0.1) is 18.7 Å². The number of nitrogens with zero attached hydrogens (tertiary/aromatic N) is 2. The van der Waals surface area contributed by atoms with Crippen molar-refractivity contribution in [3.8, 4) is 5.75 Å². The van der Waals surface area contributed by atoms with Crippen molar-refractivity contribution in [2.45, 2.75) is 46.6 Å². The summed E-state index contributed by atoms with van der Waals surface area (Å²) < 4.78 is 24.8. The molecular formula is C30H31FN2O6S. The molecule has 210 valence electrons. The van der Waals surface area contributed by atoms with E-state index in [4.69, 9.17) is 9.47 Å². The molecule has 1 fully saturated rings. The SMILES string of the molecule is CCCCOc1ccc(/C(O)=C2\C(=O)C(=O)N(c3nc(C)c(C(=O)OCC(C)C)s3)C2c2ccc(F)cc2)cc1. The number of ketones is 1. The highest BCUT2D eigenvalue weighted by molar-refractivity contribution is 7.17. The zero-order valence-electron chi connectivity index (χ0n) is 22.8. The summed E-state index contributed by atoms with van der Waals surface area (Å²) in [6.45, 7) is 8.26. The maximum absolute atomic E-state index is 13.8. The minimum absolute atomic E-state index is 0.0872. The summed E-state index contributed by atoms with van der Waals surface area (Å²) in [5, 5.41) is 11.4. The van der Waals surface area contributed by atoms with Crippen LogP contribution in [0.3, 0.4) is 0 Å². The van der Waals surface area contributed by atoms with E-state index in [1.165, 1.54) is 24.3 Å². The molecule has 1 N–H and O–H groups in total. The molecule has 1 unspecified atom stereocenters. The van der Waals surface area contributed by atoms with Gasteiger partial charge in [-0.1, -0.05) is 50.7 Å². The van der Waals surface area contributed by atoms with Crippen LogP contribution in [0.4, 0.5) is 9.52 Å². The van der Waals surface area contributed by atoms with E-state index in [2.05, 4.69) is 11.9 Å². The molecular weight excluding hydrogens is 535 g/mol. The molecule has 1 aromatic heterocycles. The van der Waals surface area contributed by atoms with Gasteiger partial charge in [-0.15, -0.1) is 0 Å². The summed E-state index contributed by atoms with van der Waals surface area (Å²) in [5.41, 5.74) is 0.861. The lowest BCUT2D eigenvalue weighted by atomic mass is 9.95. The molecule has 1 aliphatic heterocycles. The highest BCUT2D eigenvalue weighted by Gasteiger charge is 2.48. The normalized spacial score (nSPS) is 16.6. The number of ether oxygens (including phenoxy) is 2. The van der Waals surface area contributed by atoms with E-state index in [-0.39, 0.29) is 33.9 Å². The first-order valence-corrected chi connectivity index (χ1v) is 13.9. The quantitative estimate of drug-likeness (QED) is 0.102. The fourth-order valence-electron chi connectivity index (χ4n) is 4.17. The number of aryl methyl sites for hydroxylation is 1. The second kappa shape index (κ2) is 12.4. The zero-order valence-corrected chi connectivity index (χ0v) is 23.6. The van der Waals surface area contributed by atoms with Gasteiger partial charge in [-0.25, -0.2) is 14.2 Å². The molecule has 2 heterocycles. The Morgan fingerprint density at radius 1 is 1.12 bits per heavy atom. The molecule has 3 aromatic rings. The number of aliphatic hydroxyl groups excluding tert-OH is 1. The fraction of sp³-hybridized carbons (Fsp3) is 0.333. The van der Waals surface area contributed by atoms with Crippen molar-refractivity contribution in [2.24, 2.45) is 5.92 Å². The molecule has 10 heteroatoms. The predicted molar refractivity (Wildman–Crippen MR) is 150 cm³/mol. The Hall–Kier alpha value is -4.05. The smallest absolute Gasteiger partial charge is 0.350 e. The standard InChI is InChI=1S/C30H31FN2O6S/c1-5-6-15-38-22-13-9-20(10-14-22)25(34)23-24(19-7-11-21(31)12-8-19)33(28(36)26(23)35)30-32-18(4)27(40-30)29(37)39-16-17(2)3/h7-14,17,24,34H,5-6,15-16H2,1-4H3/b25-23+. The van der Waals surface area contributed by atoms with E-state index in [0.29, 0.717) is 29.2 Å². The van der Waals surface area contributed by atoms with E-state index < -0.39 is 29.5 Å². The minimum atomic E-state index is -1.11. The van der Waals surface area contributed by atoms with Crippen LogP contribution in [0.25, 0.3) is 5.76 Å². The van der Waals surface area contributed by atoms with Crippen LogP contribution in [-0.4, -0.2) is 41.0 Å². The van der Waals surface area contributed by atoms with Crippen LogP contribution in [0.15, 0.2) is 54.1 Å². The summed E-state index contributed by atoms with van der Waals surface area (Å²) in [6, 6.07) is 10.7. The summed E-state index contributed by atoms with van der Waals surface area (Å²) in [7, 11) is 0. The maximum Gasteiger partial charge on any atom is 0.350 e. The number of rotatable bonds is 10. The van der Waals surface area contributed by atoms with Crippen molar-refractivity contribution in [1.29, 1.82) is 0 Å². The summed E-state index contributed by atoms with van der Waals surface area (Å²) in [5.74, 6) is -2.58. The Bertz CT molecular complexity index is 1430. The van der Waals surface area contributed by atoms with Gasteiger partial charge in [0.1, 0.15) is 22.2 Å². The van der Waals surface area contributed by atoms with Gasteiger partial charge >= 0.3 is 11.9 Å². The van der Waals surface area contributed by atoms with Crippen LogP contribution in [-0.2, 0) is 14.3 Å². The van der Waals surface area contributed by atoms with Crippen LogP contribution in [0.5, 0.6) is 5.75 Å². The molecule has 2 aromatic carbocycles. The van der Waals surface area contributed by atoms with E-state index in [0.717, 1.165) is 29.1 Å². The third-order valence-electron chi connectivity index (χ3n) is 6.25. The van der Waals surface area contributed by atoms with E-state index in [9.17, 15) is 23.9 Å². The van der Waals surface area contributed by atoms with Gasteiger partial charge in [0.25, 0.3) is 5.78 Å². The van der Waals surface area contributed by atoms with Crippen LogP contribution < -0.4 is 9.64 Å². The van der Waals surface area contributed by atoms with Crippen molar-refractivity contribution in [1.82, 2.24) is 4.98 Å². The van der Waals surface area contributed by atoms with Gasteiger partial charge < -0.3 is 14.6 Å². The highest BCUT2D eigenvalue weighted by atomic mass is 32.1. The first kappa shape index (κ1) is 28.9.